The first-order chi connectivity index (χ1) is 13.6. The molecule has 0 spiro atoms. The van der Waals surface area contributed by atoms with E-state index in [-0.39, 0.29) is 10.9 Å². The molecule has 0 aliphatic heterocycles. The Balaban J connectivity index is 1.70. The van der Waals surface area contributed by atoms with Gasteiger partial charge in [-0.1, -0.05) is 85.8 Å². The summed E-state index contributed by atoms with van der Waals surface area (Å²) >= 11 is 0. The van der Waals surface area contributed by atoms with Gasteiger partial charge < -0.3 is 5.32 Å². The highest BCUT2D eigenvalue weighted by molar-refractivity contribution is 7.89. The van der Waals surface area contributed by atoms with Crippen molar-refractivity contribution in [1.29, 1.82) is 0 Å². The molecular formula is C23H26N2O2S. The third-order valence-corrected chi connectivity index (χ3v) is 6.21. The lowest BCUT2D eigenvalue weighted by molar-refractivity contribution is 0.516. The van der Waals surface area contributed by atoms with E-state index in [1.165, 1.54) is 5.56 Å². The van der Waals surface area contributed by atoms with Gasteiger partial charge >= 0.3 is 0 Å². The Morgan fingerprint density at radius 1 is 0.714 bits per heavy atom. The van der Waals surface area contributed by atoms with Gasteiger partial charge in [0.2, 0.25) is 10.0 Å². The van der Waals surface area contributed by atoms with E-state index in [1.807, 2.05) is 48.5 Å². The third-order valence-electron chi connectivity index (χ3n) is 4.72. The summed E-state index contributed by atoms with van der Waals surface area (Å²) in [7, 11) is -3.60. The van der Waals surface area contributed by atoms with E-state index in [0.717, 1.165) is 12.1 Å². The van der Waals surface area contributed by atoms with Gasteiger partial charge in [0.05, 0.1) is 10.9 Å². The molecule has 146 valence electrons. The Labute approximate surface area is 167 Å². The van der Waals surface area contributed by atoms with E-state index in [2.05, 4.69) is 29.1 Å². The van der Waals surface area contributed by atoms with E-state index in [9.17, 15) is 8.42 Å². The highest BCUT2D eigenvalue weighted by Crippen LogP contribution is 2.18. The summed E-state index contributed by atoms with van der Waals surface area (Å²) in [6.45, 7) is 3.43. The van der Waals surface area contributed by atoms with Gasteiger partial charge in [0.25, 0.3) is 0 Å². The van der Waals surface area contributed by atoms with Crippen molar-refractivity contribution in [3.63, 3.8) is 0 Å². The van der Waals surface area contributed by atoms with Gasteiger partial charge in [-0.15, -0.1) is 0 Å². The van der Waals surface area contributed by atoms with E-state index in [0.29, 0.717) is 12.5 Å². The molecule has 0 fully saturated rings. The number of sulfonamides is 1. The molecule has 3 aromatic carbocycles. The fourth-order valence-electron chi connectivity index (χ4n) is 3.11. The molecule has 0 radical (unpaired) electrons. The molecule has 0 saturated heterocycles. The van der Waals surface area contributed by atoms with Crippen molar-refractivity contribution < 1.29 is 8.42 Å². The van der Waals surface area contributed by atoms with Gasteiger partial charge in [-0.25, -0.2) is 13.1 Å². The van der Waals surface area contributed by atoms with Crippen molar-refractivity contribution in [1.82, 2.24) is 10.0 Å². The molecule has 0 heterocycles. The van der Waals surface area contributed by atoms with Gasteiger partial charge in [0, 0.05) is 13.1 Å². The fraction of sp³-hybridized carbons (Fsp3) is 0.217. The Bertz CT molecular complexity index is 946. The molecule has 3 aromatic rings. The molecule has 4 nitrogen and oxygen atoms in total. The summed E-state index contributed by atoms with van der Waals surface area (Å²) in [4.78, 5) is 0.272. The maximum Gasteiger partial charge on any atom is 0.241 e. The van der Waals surface area contributed by atoms with Crippen molar-refractivity contribution >= 4 is 10.0 Å². The van der Waals surface area contributed by atoms with Crippen LogP contribution in [0.25, 0.3) is 0 Å². The number of hydrogen-bond acceptors (Lipinski definition) is 3. The summed E-state index contributed by atoms with van der Waals surface area (Å²) in [6, 6.07) is 28.1. The van der Waals surface area contributed by atoms with E-state index in [4.69, 9.17) is 0 Å². The van der Waals surface area contributed by atoms with Crippen LogP contribution in [0.1, 0.15) is 30.0 Å². The summed E-state index contributed by atoms with van der Waals surface area (Å²) in [5.41, 5.74) is 2.19. The van der Waals surface area contributed by atoms with Crippen molar-refractivity contribution in [2.45, 2.75) is 23.8 Å². The minimum atomic E-state index is -3.60. The molecule has 2 atom stereocenters. The summed E-state index contributed by atoms with van der Waals surface area (Å²) in [5, 5.41) is 3.43. The van der Waals surface area contributed by atoms with Crippen LogP contribution < -0.4 is 10.0 Å². The monoisotopic (exact) mass is 394 g/mol. The number of nitrogens with one attached hydrogen (secondary N) is 2. The van der Waals surface area contributed by atoms with Crippen molar-refractivity contribution in [2.75, 3.05) is 13.1 Å². The highest BCUT2D eigenvalue weighted by atomic mass is 32.2. The maximum atomic E-state index is 12.8. The first-order valence-electron chi connectivity index (χ1n) is 9.44. The van der Waals surface area contributed by atoms with Crippen molar-refractivity contribution in [2.24, 2.45) is 0 Å². The lowest BCUT2D eigenvalue weighted by Crippen LogP contribution is -2.36. The summed E-state index contributed by atoms with van der Waals surface area (Å²) in [6.07, 6.45) is 0. The molecule has 28 heavy (non-hydrogen) atoms. The topological polar surface area (TPSA) is 58.2 Å². The Morgan fingerprint density at radius 3 is 1.79 bits per heavy atom. The SMILES string of the molecule is C[C@@H](CNC[C@@H](NS(=O)(=O)c1ccccc1)c1ccccc1)c1ccccc1. The van der Waals surface area contributed by atoms with Crippen LogP contribution in [0.15, 0.2) is 95.9 Å². The highest BCUT2D eigenvalue weighted by Gasteiger charge is 2.21. The number of hydrogen-bond donors (Lipinski definition) is 2. The smallest absolute Gasteiger partial charge is 0.241 e. The van der Waals surface area contributed by atoms with Crippen LogP contribution >= 0.6 is 0 Å². The van der Waals surface area contributed by atoms with Gasteiger partial charge in [0.15, 0.2) is 0 Å². The lowest BCUT2D eigenvalue weighted by atomic mass is 10.0. The molecule has 2 N–H and O–H groups in total. The molecule has 5 heteroatoms. The second-order valence-electron chi connectivity index (χ2n) is 6.87. The lowest BCUT2D eigenvalue weighted by Gasteiger charge is -2.21. The van der Waals surface area contributed by atoms with Crippen LogP contribution in [-0.2, 0) is 10.0 Å². The molecule has 0 aliphatic rings. The van der Waals surface area contributed by atoms with Crippen LogP contribution in [0.3, 0.4) is 0 Å². The Morgan fingerprint density at radius 2 is 1.21 bits per heavy atom. The van der Waals surface area contributed by atoms with Gasteiger partial charge in [-0.05, 0) is 29.2 Å². The second kappa shape index (κ2) is 9.64. The molecule has 0 bridgehead atoms. The van der Waals surface area contributed by atoms with Crippen molar-refractivity contribution in [3.05, 3.63) is 102 Å². The third kappa shape index (κ3) is 5.52. The first kappa shape index (κ1) is 20.3. The zero-order chi connectivity index (χ0) is 19.8. The predicted molar refractivity (Wildman–Crippen MR) is 114 cm³/mol. The largest absolute Gasteiger partial charge is 0.314 e. The average Bonchev–Trinajstić information content (AvgIpc) is 2.75. The molecular weight excluding hydrogens is 368 g/mol. The van der Waals surface area contributed by atoms with E-state index < -0.39 is 10.0 Å². The Kier molecular flexibility index (Phi) is 6.98. The van der Waals surface area contributed by atoms with Crippen LogP contribution in [0.4, 0.5) is 0 Å². The quantitative estimate of drug-likeness (QED) is 0.574. The Hall–Kier alpha value is -2.47. The minimum absolute atomic E-state index is 0.272. The van der Waals surface area contributed by atoms with Gasteiger partial charge in [-0.2, -0.15) is 0 Å². The van der Waals surface area contributed by atoms with Crippen LogP contribution in [0.2, 0.25) is 0 Å². The molecule has 0 unspecified atom stereocenters. The fourth-order valence-corrected chi connectivity index (χ4v) is 4.36. The zero-order valence-electron chi connectivity index (χ0n) is 16.0. The molecule has 0 aliphatic carbocycles. The van der Waals surface area contributed by atoms with Crippen molar-refractivity contribution in [3.8, 4) is 0 Å². The maximum absolute atomic E-state index is 12.8. The summed E-state index contributed by atoms with van der Waals surface area (Å²) < 4.78 is 28.4. The van der Waals surface area contributed by atoms with E-state index >= 15 is 0 Å². The zero-order valence-corrected chi connectivity index (χ0v) is 16.8. The van der Waals surface area contributed by atoms with Gasteiger partial charge in [0.1, 0.15) is 0 Å². The van der Waals surface area contributed by atoms with E-state index in [1.54, 1.807) is 30.3 Å². The number of benzene rings is 3. The standard InChI is InChI=1S/C23H26N2O2S/c1-19(20-11-5-2-6-12-20)17-24-18-23(21-13-7-3-8-14-21)25-28(26,27)22-15-9-4-10-16-22/h2-16,19,23-25H,17-18H2,1H3/t19-,23+/m0/s1. The molecule has 0 aromatic heterocycles. The summed E-state index contributed by atoms with van der Waals surface area (Å²) in [5.74, 6) is 0.336. The average molecular weight is 395 g/mol. The van der Waals surface area contributed by atoms with Crippen LogP contribution in [0, 0.1) is 0 Å². The minimum Gasteiger partial charge on any atom is -0.314 e. The molecule has 0 saturated carbocycles. The first-order valence-corrected chi connectivity index (χ1v) is 10.9. The van der Waals surface area contributed by atoms with Crippen LogP contribution in [-0.4, -0.2) is 21.5 Å². The normalized spacial score (nSPS) is 13.8. The van der Waals surface area contributed by atoms with Gasteiger partial charge in [-0.3, -0.25) is 0 Å². The molecule has 0 amide bonds. The second-order valence-corrected chi connectivity index (χ2v) is 8.58. The predicted octanol–water partition coefficient (Wildman–Crippen LogP) is 4.10. The molecule has 3 rings (SSSR count). The number of rotatable bonds is 9. The van der Waals surface area contributed by atoms with Crippen LogP contribution in [0.5, 0.6) is 0 Å².